The van der Waals surface area contributed by atoms with E-state index in [1.807, 2.05) is 0 Å². The maximum absolute atomic E-state index is 2.51. The molecule has 0 aliphatic carbocycles. The summed E-state index contributed by atoms with van der Waals surface area (Å²) in [4.78, 5) is 4.85. The van der Waals surface area contributed by atoms with E-state index in [0.717, 1.165) is 0 Å². The molecular formula is C58H48N2. The van der Waals surface area contributed by atoms with Gasteiger partial charge >= 0.3 is 0 Å². The molecule has 0 N–H and O–H groups in total. The predicted octanol–water partition coefficient (Wildman–Crippen LogP) is 15.5. The summed E-state index contributed by atoms with van der Waals surface area (Å²) in [5.41, 5.74) is 20.0. The average molecular weight is 773 g/mol. The van der Waals surface area contributed by atoms with Crippen LogP contribution in [0.25, 0.3) is 66.1 Å². The normalized spacial score (nSPS) is 14.7. The first-order valence-corrected chi connectivity index (χ1v) is 21.2. The van der Waals surface area contributed by atoms with Gasteiger partial charge in [-0.1, -0.05) is 191 Å². The van der Waals surface area contributed by atoms with Gasteiger partial charge in [0.1, 0.15) is 0 Å². The second-order valence-corrected chi connectivity index (χ2v) is 17.8. The second-order valence-electron chi connectivity index (χ2n) is 17.8. The van der Waals surface area contributed by atoms with Crippen LogP contribution in [0.15, 0.2) is 182 Å². The van der Waals surface area contributed by atoms with Gasteiger partial charge in [-0.05, 0) is 95.4 Å². The summed E-state index contributed by atoms with van der Waals surface area (Å²) in [6.45, 7) is 9.50. The van der Waals surface area contributed by atoms with E-state index < -0.39 is 0 Å². The van der Waals surface area contributed by atoms with Crippen molar-refractivity contribution in [2.75, 3.05) is 23.9 Å². The third-order valence-corrected chi connectivity index (χ3v) is 13.9. The van der Waals surface area contributed by atoms with Crippen molar-refractivity contribution in [1.82, 2.24) is 0 Å². The lowest BCUT2D eigenvalue weighted by molar-refractivity contribution is 0.630. The Kier molecular flexibility index (Phi) is 8.03. The summed E-state index contributed by atoms with van der Waals surface area (Å²) >= 11 is 0. The Balaban J connectivity index is 1.25. The highest BCUT2D eigenvalue weighted by atomic mass is 15.1. The van der Waals surface area contributed by atoms with Crippen molar-refractivity contribution >= 4 is 44.3 Å². The Morgan fingerprint density at radius 1 is 0.317 bits per heavy atom. The van der Waals surface area contributed by atoms with E-state index in [9.17, 15) is 0 Å². The van der Waals surface area contributed by atoms with Gasteiger partial charge in [0.05, 0.1) is 11.4 Å². The average Bonchev–Trinajstić information content (AvgIpc) is 3.29. The predicted molar refractivity (Wildman–Crippen MR) is 256 cm³/mol. The first-order valence-electron chi connectivity index (χ1n) is 21.2. The summed E-state index contributed by atoms with van der Waals surface area (Å²) in [5.74, 6) is 0. The standard InChI is InChI=1S/C58H48N2/c1-57(2)48-30-12-14-34-52(48)59(5)55-44(28-18-32-50(55)57)39-24-16-26-42-46(39)36-47-40(45-29-19-33-51-56(45)60(6)53-35-15-13-31-49(53)58(51,3)4)25-17-27-43(47)54(42)41-23-11-10-22-38(41)37-20-8-7-9-21-37/h7-36H,1-6H3. The van der Waals surface area contributed by atoms with Crippen molar-refractivity contribution in [2.45, 2.75) is 38.5 Å². The smallest absolute Gasteiger partial charge is 0.0529 e. The fraction of sp³-hybridized carbons (Fsp3) is 0.138. The quantitative estimate of drug-likeness (QED) is 0.164. The molecule has 0 aromatic heterocycles. The Hall–Kier alpha value is -6.90. The Morgan fingerprint density at radius 3 is 1.22 bits per heavy atom. The molecule has 60 heavy (non-hydrogen) atoms. The van der Waals surface area contributed by atoms with Crippen molar-refractivity contribution in [3.05, 3.63) is 204 Å². The first-order chi connectivity index (χ1) is 29.2. The van der Waals surface area contributed by atoms with Gasteiger partial charge in [0.15, 0.2) is 0 Å². The number of hydrogen-bond acceptors (Lipinski definition) is 2. The zero-order valence-corrected chi connectivity index (χ0v) is 35.2. The van der Waals surface area contributed by atoms with Crippen LogP contribution >= 0.6 is 0 Å². The topological polar surface area (TPSA) is 6.48 Å². The Morgan fingerprint density at radius 2 is 0.700 bits per heavy atom. The van der Waals surface area contributed by atoms with Gasteiger partial charge in [0, 0.05) is 47.4 Å². The molecule has 0 atom stereocenters. The molecule has 0 fully saturated rings. The lowest BCUT2D eigenvalue weighted by Crippen LogP contribution is -2.31. The van der Waals surface area contributed by atoms with Gasteiger partial charge in [0.25, 0.3) is 0 Å². The molecule has 0 bridgehead atoms. The van der Waals surface area contributed by atoms with Gasteiger partial charge in [0.2, 0.25) is 0 Å². The first kappa shape index (κ1) is 36.2. The molecule has 2 heteroatoms. The molecule has 0 radical (unpaired) electrons. The summed E-state index contributed by atoms with van der Waals surface area (Å²) in [7, 11) is 4.48. The van der Waals surface area contributed by atoms with Crippen molar-refractivity contribution in [2.24, 2.45) is 0 Å². The highest BCUT2D eigenvalue weighted by Crippen LogP contribution is 2.55. The maximum Gasteiger partial charge on any atom is 0.0529 e. The Bertz CT molecular complexity index is 3020. The molecule has 0 amide bonds. The van der Waals surface area contributed by atoms with E-state index in [2.05, 4.69) is 234 Å². The summed E-state index contributed by atoms with van der Waals surface area (Å²) in [6.07, 6.45) is 0. The molecule has 0 spiro atoms. The van der Waals surface area contributed by atoms with Gasteiger partial charge in [-0.25, -0.2) is 0 Å². The van der Waals surface area contributed by atoms with Gasteiger partial charge in [-0.3, -0.25) is 0 Å². The molecule has 0 saturated carbocycles. The van der Waals surface area contributed by atoms with Gasteiger partial charge < -0.3 is 9.80 Å². The van der Waals surface area contributed by atoms with Crippen LogP contribution in [-0.2, 0) is 10.8 Å². The minimum Gasteiger partial charge on any atom is -0.344 e. The lowest BCUT2D eigenvalue weighted by atomic mass is 9.72. The molecular weight excluding hydrogens is 725 g/mol. The number of fused-ring (bicyclic) bond motifs is 6. The van der Waals surface area contributed by atoms with Crippen LogP contribution in [0.2, 0.25) is 0 Å². The summed E-state index contributed by atoms with van der Waals surface area (Å²) < 4.78 is 0. The van der Waals surface area contributed by atoms with E-state index in [1.54, 1.807) is 0 Å². The third kappa shape index (κ3) is 5.13. The highest BCUT2D eigenvalue weighted by Gasteiger charge is 2.38. The van der Waals surface area contributed by atoms with E-state index in [-0.39, 0.29) is 10.8 Å². The van der Waals surface area contributed by atoms with Crippen LogP contribution in [0.4, 0.5) is 22.7 Å². The van der Waals surface area contributed by atoms with Crippen molar-refractivity contribution in [1.29, 1.82) is 0 Å². The Labute approximate surface area is 354 Å². The van der Waals surface area contributed by atoms with Crippen LogP contribution in [0, 0.1) is 0 Å². The maximum atomic E-state index is 2.51. The molecule has 11 rings (SSSR count). The number of hydrogen-bond donors (Lipinski definition) is 0. The minimum absolute atomic E-state index is 0.163. The monoisotopic (exact) mass is 772 g/mol. The summed E-state index contributed by atoms with van der Waals surface area (Å²) in [5, 5.41) is 4.99. The molecule has 2 heterocycles. The van der Waals surface area contributed by atoms with Crippen molar-refractivity contribution in [3.8, 4) is 44.5 Å². The van der Waals surface area contributed by atoms with Crippen LogP contribution in [0.1, 0.15) is 49.9 Å². The highest BCUT2D eigenvalue weighted by molar-refractivity contribution is 6.21. The lowest BCUT2D eigenvalue weighted by Gasteiger charge is -2.41. The van der Waals surface area contributed by atoms with Crippen molar-refractivity contribution in [3.63, 3.8) is 0 Å². The molecule has 0 saturated heterocycles. The zero-order valence-electron chi connectivity index (χ0n) is 35.2. The fourth-order valence-electron chi connectivity index (χ4n) is 10.9. The molecule has 290 valence electrons. The minimum atomic E-state index is -0.163. The number of rotatable bonds is 4. The molecule has 2 aliphatic heterocycles. The van der Waals surface area contributed by atoms with Crippen LogP contribution in [0.3, 0.4) is 0 Å². The fourth-order valence-corrected chi connectivity index (χ4v) is 10.9. The van der Waals surface area contributed by atoms with E-state index in [1.165, 1.54) is 111 Å². The molecule has 2 aliphatic rings. The molecule has 9 aromatic carbocycles. The van der Waals surface area contributed by atoms with Gasteiger partial charge in [-0.2, -0.15) is 0 Å². The van der Waals surface area contributed by atoms with Crippen LogP contribution < -0.4 is 9.80 Å². The van der Waals surface area contributed by atoms with E-state index in [4.69, 9.17) is 0 Å². The second kappa shape index (κ2) is 13.3. The van der Waals surface area contributed by atoms with Crippen molar-refractivity contribution < 1.29 is 0 Å². The number of nitrogens with zero attached hydrogens (tertiary/aromatic N) is 2. The SMILES string of the molecule is CN1c2ccccc2C(C)(C)c2cccc(-c3cccc4c(-c5ccccc5-c5ccccc5)c5cccc(-c6cccc7c6N(C)c6ccccc6C7(C)C)c5cc34)c21. The van der Waals surface area contributed by atoms with Gasteiger partial charge in [-0.15, -0.1) is 0 Å². The number of anilines is 4. The molecule has 9 aromatic rings. The zero-order chi connectivity index (χ0) is 40.9. The molecule has 2 nitrogen and oxygen atoms in total. The van der Waals surface area contributed by atoms with E-state index >= 15 is 0 Å². The third-order valence-electron chi connectivity index (χ3n) is 13.9. The molecule has 0 unspecified atom stereocenters. The van der Waals surface area contributed by atoms with Crippen LogP contribution in [-0.4, -0.2) is 14.1 Å². The largest absolute Gasteiger partial charge is 0.344 e. The van der Waals surface area contributed by atoms with E-state index in [0.29, 0.717) is 0 Å². The summed E-state index contributed by atoms with van der Waals surface area (Å²) in [6, 6.07) is 68.0. The van der Waals surface area contributed by atoms with Crippen LogP contribution in [0.5, 0.6) is 0 Å². The number of para-hydroxylation sites is 4. The number of benzene rings is 9.